The van der Waals surface area contributed by atoms with Crippen LogP contribution in [0, 0.1) is 17.2 Å². The third kappa shape index (κ3) is 5.44. The maximum absolute atomic E-state index is 12.8. The molecule has 0 fully saturated rings. The maximum atomic E-state index is 12.8. The molecule has 0 spiro atoms. The first-order valence-electron chi connectivity index (χ1n) is 8.72. The highest BCUT2D eigenvalue weighted by molar-refractivity contribution is 5.97. The topological polar surface area (TPSA) is 122 Å². The second kappa shape index (κ2) is 9.21. The van der Waals surface area contributed by atoms with Gasteiger partial charge in [-0.2, -0.15) is 18.4 Å². The molecule has 0 aromatic carbocycles. The van der Waals surface area contributed by atoms with Crippen LogP contribution in [-0.4, -0.2) is 34.9 Å². The SMILES string of the molecule is CC(C)C(=O)N(CCOc1ncc(C(F)(F)F)cc1C#N)c1cc(C(N)=O)ccn1. The van der Waals surface area contributed by atoms with Gasteiger partial charge in [0.25, 0.3) is 0 Å². The van der Waals surface area contributed by atoms with Crippen molar-refractivity contribution in [2.75, 3.05) is 18.1 Å². The lowest BCUT2D eigenvalue weighted by Gasteiger charge is -2.24. The Kier molecular flexibility index (Phi) is 6.94. The van der Waals surface area contributed by atoms with Gasteiger partial charge in [0.15, 0.2) is 0 Å². The number of pyridine rings is 2. The Hall–Kier alpha value is -3.68. The smallest absolute Gasteiger partial charge is 0.417 e. The number of carbonyl (C=O) groups is 2. The van der Waals surface area contributed by atoms with Crippen molar-refractivity contribution in [1.82, 2.24) is 9.97 Å². The molecule has 2 heterocycles. The molecular weight excluding hydrogens is 403 g/mol. The zero-order valence-electron chi connectivity index (χ0n) is 16.1. The molecule has 2 aromatic heterocycles. The predicted molar refractivity (Wildman–Crippen MR) is 99.4 cm³/mol. The van der Waals surface area contributed by atoms with Gasteiger partial charge in [0.05, 0.1) is 12.1 Å². The number of hydrogen-bond donors (Lipinski definition) is 1. The quantitative estimate of drug-likeness (QED) is 0.733. The third-order valence-corrected chi connectivity index (χ3v) is 3.92. The van der Waals surface area contributed by atoms with E-state index in [4.69, 9.17) is 15.7 Å². The van der Waals surface area contributed by atoms with E-state index in [2.05, 4.69) is 9.97 Å². The number of anilines is 1. The van der Waals surface area contributed by atoms with Crippen LogP contribution in [0.2, 0.25) is 0 Å². The van der Waals surface area contributed by atoms with Gasteiger partial charge in [-0.25, -0.2) is 9.97 Å². The number of aromatic nitrogens is 2. The highest BCUT2D eigenvalue weighted by Crippen LogP contribution is 2.31. The minimum atomic E-state index is -4.64. The normalized spacial score (nSPS) is 11.1. The van der Waals surface area contributed by atoms with Gasteiger partial charge >= 0.3 is 6.18 Å². The largest absolute Gasteiger partial charge is 0.475 e. The molecule has 0 aliphatic rings. The lowest BCUT2D eigenvalue weighted by molar-refractivity contribution is -0.137. The first kappa shape index (κ1) is 22.6. The molecule has 0 bridgehead atoms. The van der Waals surface area contributed by atoms with E-state index in [1.165, 1.54) is 23.2 Å². The van der Waals surface area contributed by atoms with Crippen LogP contribution in [0.1, 0.15) is 35.3 Å². The number of halogens is 3. The molecule has 0 atom stereocenters. The minimum absolute atomic E-state index is 0.0558. The van der Waals surface area contributed by atoms with Crippen molar-refractivity contribution in [2.45, 2.75) is 20.0 Å². The number of amides is 2. The van der Waals surface area contributed by atoms with Crippen LogP contribution in [-0.2, 0) is 11.0 Å². The molecule has 0 unspecified atom stereocenters. The van der Waals surface area contributed by atoms with Gasteiger partial charge in [-0.15, -0.1) is 0 Å². The molecule has 2 rings (SSSR count). The Morgan fingerprint density at radius 3 is 2.57 bits per heavy atom. The third-order valence-electron chi connectivity index (χ3n) is 3.92. The minimum Gasteiger partial charge on any atom is -0.475 e. The number of primary amides is 1. The summed E-state index contributed by atoms with van der Waals surface area (Å²) in [5, 5.41) is 9.08. The molecule has 0 aliphatic carbocycles. The van der Waals surface area contributed by atoms with Crippen LogP contribution < -0.4 is 15.4 Å². The molecule has 30 heavy (non-hydrogen) atoms. The van der Waals surface area contributed by atoms with Crippen molar-refractivity contribution in [3.8, 4) is 11.9 Å². The summed E-state index contributed by atoms with van der Waals surface area (Å²) in [5.74, 6) is -1.56. The van der Waals surface area contributed by atoms with Crippen LogP contribution in [0.4, 0.5) is 19.0 Å². The van der Waals surface area contributed by atoms with Crippen molar-refractivity contribution in [3.05, 3.63) is 47.3 Å². The average Bonchev–Trinajstić information content (AvgIpc) is 2.70. The average molecular weight is 421 g/mol. The summed E-state index contributed by atoms with van der Waals surface area (Å²) < 4.78 is 43.6. The van der Waals surface area contributed by atoms with Gasteiger partial charge in [-0.05, 0) is 18.2 Å². The fourth-order valence-electron chi connectivity index (χ4n) is 2.40. The fourth-order valence-corrected chi connectivity index (χ4v) is 2.40. The Morgan fingerprint density at radius 2 is 2.00 bits per heavy atom. The zero-order chi connectivity index (χ0) is 22.5. The summed E-state index contributed by atoms with van der Waals surface area (Å²) in [4.78, 5) is 32.8. The van der Waals surface area contributed by atoms with Crippen LogP contribution >= 0.6 is 0 Å². The zero-order valence-corrected chi connectivity index (χ0v) is 16.1. The summed E-state index contributed by atoms with van der Waals surface area (Å²) in [5.41, 5.74) is 3.95. The first-order valence-corrected chi connectivity index (χ1v) is 8.72. The van der Waals surface area contributed by atoms with E-state index in [0.29, 0.717) is 12.3 Å². The van der Waals surface area contributed by atoms with E-state index in [0.717, 1.165) is 0 Å². The number of ether oxygens (including phenoxy) is 1. The lowest BCUT2D eigenvalue weighted by Crippen LogP contribution is -2.38. The maximum Gasteiger partial charge on any atom is 0.417 e. The Bertz CT molecular complexity index is 986. The molecule has 158 valence electrons. The van der Waals surface area contributed by atoms with Gasteiger partial charge in [-0.1, -0.05) is 13.8 Å². The number of nitrogens with zero attached hydrogens (tertiary/aromatic N) is 4. The Labute approximate surface area is 170 Å². The van der Waals surface area contributed by atoms with Crippen LogP contribution in [0.25, 0.3) is 0 Å². The summed E-state index contributed by atoms with van der Waals surface area (Å²) in [6.45, 7) is 3.09. The second-order valence-electron chi connectivity index (χ2n) is 6.45. The molecule has 0 saturated heterocycles. The van der Waals surface area contributed by atoms with Gasteiger partial charge in [0.2, 0.25) is 17.7 Å². The van der Waals surface area contributed by atoms with Crippen molar-refractivity contribution >= 4 is 17.6 Å². The van der Waals surface area contributed by atoms with Crippen LogP contribution in [0.15, 0.2) is 30.6 Å². The van der Waals surface area contributed by atoms with Crippen LogP contribution in [0.3, 0.4) is 0 Å². The van der Waals surface area contributed by atoms with E-state index in [9.17, 15) is 22.8 Å². The molecule has 0 aliphatic heterocycles. The summed E-state index contributed by atoms with van der Waals surface area (Å²) >= 11 is 0. The van der Waals surface area contributed by atoms with Crippen LogP contribution in [0.5, 0.6) is 5.88 Å². The fraction of sp³-hybridized carbons (Fsp3) is 0.316. The van der Waals surface area contributed by atoms with Crippen molar-refractivity contribution in [3.63, 3.8) is 0 Å². The van der Waals surface area contributed by atoms with E-state index in [1.807, 2.05) is 0 Å². The summed E-state index contributed by atoms with van der Waals surface area (Å²) in [6.07, 6.45) is -2.76. The van der Waals surface area contributed by atoms with Gasteiger partial charge < -0.3 is 10.5 Å². The molecule has 0 saturated carbocycles. The monoisotopic (exact) mass is 421 g/mol. The summed E-state index contributed by atoms with van der Waals surface area (Å²) in [7, 11) is 0. The Morgan fingerprint density at radius 1 is 1.30 bits per heavy atom. The lowest BCUT2D eigenvalue weighted by atomic mass is 10.1. The van der Waals surface area contributed by atoms with E-state index in [1.54, 1.807) is 19.9 Å². The van der Waals surface area contributed by atoms with E-state index >= 15 is 0 Å². The molecular formula is C19H18F3N5O3. The van der Waals surface area contributed by atoms with Gasteiger partial charge in [-0.3, -0.25) is 14.5 Å². The first-order chi connectivity index (χ1) is 14.0. The van der Waals surface area contributed by atoms with E-state index < -0.39 is 23.6 Å². The number of nitriles is 1. The molecule has 2 N–H and O–H groups in total. The highest BCUT2D eigenvalue weighted by atomic mass is 19.4. The number of alkyl halides is 3. The standard InChI is InChI=1S/C19H18F3N5O3/c1-11(2)18(29)27(15-8-12(16(24)28)3-4-25-15)5-6-30-17-13(9-23)7-14(10-26-17)19(20,21)22/h3-4,7-8,10-11H,5-6H2,1-2H3,(H2,24,28). The number of carbonyl (C=O) groups excluding carboxylic acids is 2. The predicted octanol–water partition coefficient (Wildman–Crippen LogP) is 2.53. The van der Waals surface area contributed by atoms with Crippen molar-refractivity contribution in [2.24, 2.45) is 11.7 Å². The molecule has 2 aromatic rings. The number of hydrogen-bond acceptors (Lipinski definition) is 6. The molecule has 8 nitrogen and oxygen atoms in total. The Balaban J connectivity index is 2.21. The number of rotatable bonds is 7. The molecule has 11 heteroatoms. The molecule has 0 radical (unpaired) electrons. The second-order valence-corrected chi connectivity index (χ2v) is 6.45. The molecule has 2 amide bonds. The number of nitrogens with two attached hydrogens (primary N) is 1. The van der Waals surface area contributed by atoms with Gasteiger partial charge in [0, 0.05) is 23.9 Å². The van der Waals surface area contributed by atoms with Crippen molar-refractivity contribution < 1.29 is 27.5 Å². The summed E-state index contributed by atoms with van der Waals surface area (Å²) in [6, 6.07) is 4.98. The highest BCUT2D eigenvalue weighted by Gasteiger charge is 2.32. The van der Waals surface area contributed by atoms with Crippen molar-refractivity contribution in [1.29, 1.82) is 5.26 Å². The van der Waals surface area contributed by atoms with Gasteiger partial charge in [0.1, 0.15) is 24.1 Å². The van der Waals surface area contributed by atoms with E-state index in [-0.39, 0.29) is 41.9 Å².